The summed E-state index contributed by atoms with van der Waals surface area (Å²) < 4.78 is 27.3. The molecule has 8 heteroatoms. The monoisotopic (exact) mass is 299 g/mol. The molecule has 1 aliphatic rings. The molecule has 1 atom stereocenters. The molecular formula is C12H17N3O4S. The topological polar surface area (TPSA) is 101 Å². The third-order valence-corrected chi connectivity index (χ3v) is 5.13. The van der Waals surface area contributed by atoms with Crippen LogP contribution in [0.1, 0.15) is 17.5 Å². The highest BCUT2D eigenvalue weighted by Gasteiger charge is 2.26. The standard InChI is InChI=1S/C12H17N3O4S/c1-8-5-11(15(16)17)6-12(9(8)2)20(18,19)14-10-3-4-13-7-10/h5-6,10,13-14H,3-4,7H2,1-2H3/t10-/m1/s1. The molecule has 1 aromatic rings. The van der Waals surface area contributed by atoms with Crippen LogP contribution in [0.15, 0.2) is 17.0 Å². The van der Waals surface area contributed by atoms with Gasteiger partial charge in [-0.1, -0.05) is 0 Å². The summed E-state index contributed by atoms with van der Waals surface area (Å²) in [5.74, 6) is 0. The van der Waals surface area contributed by atoms with E-state index < -0.39 is 14.9 Å². The molecule has 1 aliphatic heterocycles. The van der Waals surface area contributed by atoms with E-state index in [2.05, 4.69) is 10.0 Å². The molecule has 1 fully saturated rings. The van der Waals surface area contributed by atoms with E-state index in [1.807, 2.05) is 0 Å². The first-order valence-electron chi connectivity index (χ1n) is 6.30. The lowest BCUT2D eigenvalue weighted by atomic mass is 10.1. The van der Waals surface area contributed by atoms with Crippen LogP contribution in [0.5, 0.6) is 0 Å². The Labute approximate surface area is 117 Å². The first-order chi connectivity index (χ1) is 9.31. The van der Waals surface area contributed by atoms with Gasteiger partial charge in [0.1, 0.15) is 0 Å². The molecule has 0 aromatic heterocycles. The molecule has 0 unspecified atom stereocenters. The third-order valence-electron chi connectivity index (χ3n) is 3.49. The molecule has 110 valence electrons. The summed E-state index contributed by atoms with van der Waals surface area (Å²) in [5, 5.41) is 13.9. The van der Waals surface area contributed by atoms with Crippen molar-refractivity contribution >= 4 is 15.7 Å². The second kappa shape index (κ2) is 5.47. The molecule has 0 bridgehead atoms. The third kappa shape index (κ3) is 2.97. The van der Waals surface area contributed by atoms with Crippen molar-refractivity contribution in [2.45, 2.75) is 31.2 Å². The summed E-state index contributed by atoms with van der Waals surface area (Å²) in [5.41, 5.74) is 0.913. The fraction of sp³-hybridized carbons (Fsp3) is 0.500. The molecule has 20 heavy (non-hydrogen) atoms. The van der Waals surface area contributed by atoms with Gasteiger partial charge in [-0.05, 0) is 37.9 Å². The van der Waals surface area contributed by atoms with Gasteiger partial charge in [0.05, 0.1) is 9.82 Å². The lowest BCUT2D eigenvalue weighted by Crippen LogP contribution is -2.36. The molecule has 1 heterocycles. The van der Waals surface area contributed by atoms with Crippen LogP contribution < -0.4 is 10.0 Å². The van der Waals surface area contributed by atoms with Gasteiger partial charge in [0.2, 0.25) is 10.0 Å². The Hall–Kier alpha value is -1.51. The van der Waals surface area contributed by atoms with E-state index in [-0.39, 0.29) is 16.6 Å². The first-order valence-corrected chi connectivity index (χ1v) is 7.78. The number of sulfonamides is 1. The summed E-state index contributed by atoms with van der Waals surface area (Å²) in [4.78, 5) is 10.3. The molecule has 1 aromatic carbocycles. The highest BCUT2D eigenvalue weighted by Crippen LogP contribution is 2.25. The van der Waals surface area contributed by atoms with Crippen LogP contribution in [-0.2, 0) is 10.0 Å². The number of nitro benzene ring substituents is 1. The van der Waals surface area contributed by atoms with E-state index in [4.69, 9.17) is 0 Å². The van der Waals surface area contributed by atoms with Crippen molar-refractivity contribution in [2.24, 2.45) is 0 Å². The highest BCUT2D eigenvalue weighted by atomic mass is 32.2. The van der Waals surface area contributed by atoms with Gasteiger partial charge < -0.3 is 5.32 Å². The number of hydrogen-bond acceptors (Lipinski definition) is 5. The van der Waals surface area contributed by atoms with E-state index in [9.17, 15) is 18.5 Å². The van der Waals surface area contributed by atoms with Crippen LogP contribution >= 0.6 is 0 Å². The second-order valence-electron chi connectivity index (χ2n) is 4.95. The minimum absolute atomic E-state index is 0.0175. The van der Waals surface area contributed by atoms with Crippen molar-refractivity contribution in [2.75, 3.05) is 13.1 Å². The summed E-state index contributed by atoms with van der Waals surface area (Å²) in [6.45, 7) is 4.66. The average Bonchev–Trinajstić information content (AvgIpc) is 2.83. The molecule has 7 nitrogen and oxygen atoms in total. The number of benzene rings is 1. The van der Waals surface area contributed by atoms with Gasteiger partial charge in [0, 0.05) is 24.7 Å². The van der Waals surface area contributed by atoms with Crippen LogP contribution in [0.3, 0.4) is 0 Å². The maximum absolute atomic E-state index is 12.4. The summed E-state index contributed by atoms with van der Waals surface area (Å²) >= 11 is 0. The van der Waals surface area contributed by atoms with Crippen LogP contribution in [-0.4, -0.2) is 32.5 Å². The Morgan fingerprint density at radius 2 is 2.10 bits per heavy atom. The Morgan fingerprint density at radius 3 is 2.65 bits per heavy atom. The van der Waals surface area contributed by atoms with Gasteiger partial charge in [-0.25, -0.2) is 13.1 Å². The van der Waals surface area contributed by atoms with Gasteiger partial charge in [0.15, 0.2) is 0 Å². The number of hydrogen-bond donors (Lipinski definition) is 2. The van der Waals surface area contributed by atoms with Crippen molar-refractivity contribution < 1.29 is 13.3 Å². The summed E-state index contributed by atoms with van der Waals surface area (Å²) in [7, 11) is -3.75. The van der Waals surface area contributed by atoms with Crippen LogP contribution in [0.2, 0.25) is 0 Å². The maximum atomic E-state index is 12.4. The maximum Gasteiger partial charge on any atom is 0.271 e. The van der Waals surface area contributed by atoms with E-state index in [0.717, 1.165) is 12.6 Å². The van der Waals surface area contributed by atoms with Gasteiger partial charge in [-0.3, -0.25) is 10.1 Å². The molecule has 0 saturated carbocycles. The first kappa shape index (κ1) is 14.9. The van der Waals surface area contributed by atoms with E-state index in [0.29, 0.717) is 24.1 Å². The number of rotatable bonds is 4. The van der Waals surface area contributed by atoms with Gasteiger partial charge in [-0.2, -0.15) is 0 Å². The van der Waals surface area contributed by atoms with Crippen LogP contribution in [0.25, 0.3) is 0 Å². The fourth-order valence-electron chi connectivity index (χ4n) is 2.23. The summed E-state index contributed by atoms with van der Waals surface area (Å²) in [6, 6.07) is 2.33. The quantitative estimate of drug-likeness (QED) is 0.634. The predicted octanol–water partition coefficient (Wildman–Crippen LogP) is 0.852. The lowest BCUT2D eigenvalue weighted by Gasteiger charge is -2.14. The molecule has 0 aliphatic carbocycles. The van der Waals surface area contributed by atoms with E-state index in [1.54, 1.807) is 13.8 Å². The molecule has 0 radical (unpaired) electrons. The van der Waals surface area contributed by atoms with Gasteiger partial charge in [0.25, 0.3) is 5.69 Å². The second-order valence-corrected chi connectivity index (χ2v) is 6.64. The lowest BCUT2D eigenvalue weighted by molar-refractivity contribution is -0.385. The molecule has 1 saturated heterocycles. The van der Waals surface area contributed by atoms with Crippen molar-refractivity contribution in [3.05, 3.63) is 33.4 Å². The highest BCUT2D eigenvalue weighted by molar-refractivity contribution is 7.89. The zero-order valence-electron chi connectivity index (χ0n) is 11.3. The van der Waals surface area contributed by atoms with E-state index in [1.165, 1.54) is 6.07 Å². The van der Waals surface area contributed by atoms with Crippen molar-refractivity contribution in [1.29, 1.82) is 0 Å². The number of nitro groups is 1. The largest absolute Gasteiger partial charge is 0.315 e. The van der Waals surface area contributed by atoms with Gasteiger partial charge in [-0.15, -0.1) is 0 Å². The Kier molecular flexibility index (Phi) is 4.07. The van der Waals surface area contributed by atoms with Crippen molar-refractivity contribution in [1.82, 2.24) is 10.0 Å². The Bertz CT molecular complexity index is 636. The van der Waals surface area contributed by atoms with Crippen molar-refractivity contribution in [3.63, 3.8) is 0 Å². The number of aryl methyl sites for hydroxylation is 1. The smallest absolute Gasteiger partial charge is 0.271 e. The van der Waals surface area contributed by atoms with Crippen molar-refractivity contribution in [3.8, 4) is 0 Å². The minimum Gasteiger partial charge on any atom is -0.315 e. The average molecular weight is 299 g/mol. The molecule has 2 rings (SSSR count). The normalized spacial score (nSPS) is 19.2. The molecule has 0 spiro atoms. The van der Waals surface area contributed by atoms with E-state index >= 15 is 0 Å². The number of nitrogens with one attached hydrogen (secondary N) is 2. The summed E-state index contributed by atoms with van der Waals surface area (Å²) in [6.07, 6.45) is 0.714. The molecule has 2 N–H and O–H groups in total. The molecule has 0 amide bonds. The van der Waals surface area contributed by atoms with Crippen LogP contribution in [0.4, 0.5) is 5.69 Å². The van der Waals surface area contributed by atoms with Gasteiger partial charge >= 0.3 is 0 Å². The minimum atomic E-state index is -3.75. The zero-order chi connectivity index (χ0) is 14.9. The Morgan fingerprint density at radius 1 is 1.40 bits per heavy atom. The fourth-order valence-corrected chi connectivity index (χ4v) is 3.84. The SMILES string of the molecule is Cc1cc([N+](=O)[O-])cc(S(=O)(=O)N[C@@H]2CCNC2)c1C. The predicted molar refractivity (Wildman–Crippen MR) is 74.2 cm³/mol. The zero-order valence-corrected chi connectivity index (χ0v) is 12.2. The molecular weight excluding hydrogens is 282 g/mol. The number of nitrogens with zero attached hydrogens (tertiary/aromatic N) is 1. The number of non-ortho nitro benzene ring substituents is 1. The Balaban J connectivity index is 2.41. The van der Waals surface area contributed by atoms with Crippen LogP contribution in [0, 0.1) is 24.0 Å².